The van der Waals surface area contributed by atoms with Crippen LogP contribution in [0.3, 0.4) is 0 Å². The van der Waals surface area contributed by atoms with E-state index in [-0.39, 0.29) is 38.0 Å². The number of anilines is 1. The number of phenols is 1. The van der Waals surface area contributed by atoms with Crippen LogP contribution < -0.4 is 65.5 Å². The van der Waals surface area contributed by atoms with Gasteiger partial charge in [0.2, 0.25) is 70.9 Å². The molecule has 2 saturated heterocycles. The molecule has 2 aromatic rings. The van der Waals surface area contributed by atoms with Crippen LogP contribution in [-0.2, 0) is 70.4 Å². The van der Waals surface area contributed by atoms with Crippen LogP contribution in [0.5, 0.6) is 5.75 Å². The van der Waals surface area contributed by atoms with Crippen molar-refractivity contribution >= 4 is 76.6 Å². The number of aromatic hydroxyl groups is 1. The summed E-state index contributed by atoms with van der Waals surface area (Å²) in [5, 5.41) is 29.7. The van der Waals surface area contributed by atoms with Gasteiger partial charge in [0.15, 0.2) is 0 Å². The molecule has 0 saturated carbocycles. The summed E-state index contributed by atoms with van der Waals surface area (Å²) in [4.78, 5) is 162. The van der Waals surface area contributed by atoms with E-state index in [0.29, 0.717) is 23.2 Å². The van der Waals surface area contributed by atoms with E-state index in [4.69, 9.17) is 22.9 Å². The third kappa shape index (κ3) is 18.1. The number of primary amides is 3. The Morgan fingerprint density at radius 1 is 0.740 bits per heavy atom. The molecule has 0 aliphatic carbocycles. The Bertz CT molecular complexity index is 2380. The molecule has 2 fully saturated rings. The minimum absolute atomic E-state index is 0.0502. The molecule has 2 heterocycles. The molecule has 2 aromatic carbocycles. The van der Waals surface area contributed by atoms with E-state index in [1.807, 2.05) is 0 Å². The van der Waals surface area contributed by atoms with Crippen molar-refractivity contribution in [2.75, 3.05) is 25.4 Å². The molecule has 26 nitrogen and oxygen atoms in total. The second-order valence-corrected chi connectivity index (χ2v) is 17.9. The van der Waals surface area contributed by atoms with Crippen LogP contribution in [0.15, 0.2) is 48.5 Å². The number of amides is 12. The smallest absolute Gasteiger partial charge is 0.245 e. The second-order valence-electron chi connectivity index (χ2n) is 17.9. The lowest BCUT2D eigenvalue weighted by Crippen LogP contribution is -2.61. The zero-order chi connectivity index (χ0) is 53.9. The third-order valence-corrected chi connectivity index (χ3v) is 12.2. The lowest BCUT2D eigenvalue weighted by molar-refractivity contribution is -0.143. The molecular weight excluding hydrogens is 955 g/mol. The standard InChI is InChI=1S/C47H65N13O13/c1-3-24(2)40-46(72)55-29(14-16-35(49)62)42(68)57-33(21-36(50)63)43(69)56-30(15-17-38(65)52-23-39(66)54-32(44(70)59-40)20-26-8-12-28(61)13-9-26)47(73)60-18-4-5-34(60)45(71)58-31(41(67)53-22-37(51)64)19-25-6-10-27(48)11-7-25/h6-13,24,29-34,40,61H,3-5,14-23,48H2,1-2H3,(H2,49,62)(H2,50,63)(H2,51,64)(H,52,65)(H,53,67)(H,54,66)(H,55,72)(H,56,69)(H,57,68)(H,58,71)(H,59,70)/t24-,29-,30-,31-,32-,33-,34-,40-/m0/s1. The molecule has 8 atom stereocenters. The van der Waals surface area contributed by atoms with Crippen LogP contribution in [-0.4, -0.2) is 143 Å². The predicted octanol–water partition coefficient (Wildman–Crippen LogP) is -4.64. The summed E-state index contributed by atoms with van der Waals surface area (Å²) >= 11 is 0. The fourth-order valence-corrected chi connectivity index (χ4v) is 8.02. The fraction of sp³-hybridized carbons (Fsp3) is 0.489. The van der Waals surface area contributed by atoms with Gasteiger partial charge in [-0.2, -0.15) is 0 Å². The zero-order valence-electron chi connectivity index (χ0n) is 40.5. The van der Waals surface area contributed by atoms with Crippen LogP contribution in [0.25, 0.3) is 0 Å². The van der Waals surface area contributed by atoms with Gasteiger partial charge in [-0.25, -0.2) is 0 Å². The molecule has 73 heavy (non-hydrogen) atoms. The fourth-order valence-electron chi connectivity index (χ4n) is 8.02. The van der Waals surface area contributed by atoms with Crippen molar-refractivity contribution < 1.29 is 62.6 Å². The zero-order valence-corrected chi connectivity index (χ0v) is 40.5. The molecule has 0 unspecified atom stereocenters. The molecule has 4 rings (SSSR count). The first-order valence-corrected chi connectivity index (χ1v) is 23.7. The lowest BCUT2D eigenvalue weighted by Gasteiger charge is -2.31. The molecule has 0 radical (unpaired) electrons. The number of hydrogen-bond donors (Lipinski definition) is 13. The molecular formula is C47H65N13O13. The number of rotatable bonds is 17. The summed E-state index contributed by atoms with van der Waals surface area (Å²) in [7, 11) is 0. The van der Waals surface area contributed by atoms with Gasteiger partial charge in [-0.05, 0) is 67.0 Å². The topological polar surface area (TPSA) is 429 Å². The Morgan fingerprint density at radius 3 is 2.00 bits per heavy atom. The summed E-state index contributed by atoms with van der Waals surface area (Å²) in [5.41, 5.74) is 23.4. The van der Waals surface area contributed by atoms with Gasteiger partial charge in [0.1, 0.15) is 48.0 Å². The van der Waals surface area contributed by atoms with Crippen LogP contribution >= 0.6 is 0 Å². The summed E-state index contributed by atoms with van der Waals surface area (Å²) in [6.45, 7) is 2.06. The summed E-state index contributed by atoms with van der Waals surface area (Å²) in [6, 6.07) is 1.72. The van der Waals surface area contributed by atoms with Gasteiger partial charge in [-0.15, -0.1) is 0 Å². The minimum Gasteiger partial charge on any atom is -0.508 e. The van der Waals surface area contributed by atoms with Crippen molar-refractivity contribution in [3.8, 4) is 5.75 Å². The normalized spacial score (nSPS) is 22.4. The summed E-state index contributed by atoms with van der Waals surface area (Å²) < 4.78 is 0. The van der Waals surface area contributed by atoms with Gasteiger partial charge in [0.05, 0.1) is 19.5 Å². The van der Waals surface area contributed by atoms with E-state index >= 15 is 0 Å². The number of phenolic OH excluding ortho intramolecular Hbond substituents is 1. The molecule has 2 aliphatic rings. The van der Waals surface area contributed by atoms with Gasteiger partial charge < -0.3 is 75.5 Å². The van der Waals surface area contributed by atoms with Gasteiger partial charge in [-0.3, -0.25) is 57.5 Å². The highest BCUT2D eigenvalue weighted by atomic mass is 16.3. The monoisotopic (exact) mass is 1020 g/mol. The van der Waals surface area contributed by atoms with Crippen molar-refractivity contribution in [1.29, 1.82) is 0 Å². The summed E-state index contributed by atoms with van der Waals surface area (Å²) in [6.07, 6.45) is -2.37. The van der Waals surface area contributed by atoms with Crippen LogP contribution in [0, 0.1) is 5.92 Å². The highest BCUT2D eigenvalue weighted by Gasteiger charge is 2.41. The maximum atomic E-state index is 14.6. The number of likely N-dealkylation sites (tertiary alicyclic amines) is 1. The number of nitrogens with zero attached hydrogens (tertiary/aromatic N) is 1. The number of carbonyl (C=O) groups excluding carboxylic acids is 12. The SMILES string of the molecule is CC[C@H](C)[C@@H]1NC(=O)[C@H](Cc2ccc(O)cc2)NC(=O)CNC(=O)CC[C@@H](C(=O)N2CCC[C@H]2C(=O)N[C@@H](Cc2ccc(N)cc2)C(=O)NCC(N)=O)NC(=O)[C@H](CC(N)=O)NC(=O)[C@H](CCC(N)=O)NC1=O. The van der Waals surface area contributed by atoms with Crippen LogP contribution in [0.2, 0.25) is 0 Å². The number of nitrogens with one attached hydrogen (secondary N) is 8. The molecule has 12 amide bonds. The molecule has 17 N–H and O–H groups in total. The maximum Gasteiger partial charge on any atom is 0.245 e. The maximum absolute atomic E-state index is 14.6. The Hall–Kier alpha value is -8.32. The first-order valence-electron chi connectivity index (χ1n) is 23.7. The Morgan fingerprint density at radius 2 is 1.37 bits per heavy atom. The Kier molecular flexibility index (Phi) is 21.4. The molecule has 26 heteroatoms. The largest absolute Gasteiger partial charge is 0.508 e. The van der Waals surface area contributed by atoms with E-state index < -0.39 is 164 Å². The van der Waals surface area contributed by atoms with Crippen molar-refractivity contribution in [2.24, 2.45) is 23.1 Å². The quantitative estimate of drug-likeness (QED) is 0.0664. The van der Waals surface area contributed by atoms with Crippen LogP contribution in [0.1, 0.15) is 76.3 Å². The van der Waals surface area contributed by atoms with Crippen molar-refractivity contribution in [1.82, 2.24) is 47.4 Å². The van der Waals surface area contributed by atoms with E-state index in [1.165, 1.54) is 24.3 Å². The van der Waals surface area contributed by atoms with Gasteiger partial charge in [0, 0.05) is 37.9 Å². The molecule has 396 valence electrons. The predicted molar refractivity (Wildman–Crippen MR) is 259 cm³/mol. The minimum atomic E-state index is -1.84. The Balaban J connectivity index is 1.70. The average molecular weight is 1020 g/mol. The number of carbonyl (C=O) groups is 12. The lowest BCUT2D eigenvalue weighted by atomic mass is 9.96. The Labute approximate surface area is 420 Å². The van der Waals surface area contributed by atoms with E-state index in [1.54, 1.807) is 38.1 Å². The second kappa shape index (κ2) is 27.3. The van der Waals surface area contributed by atoms with Crippen LogP contribution in [0.4, 0.5) is 5.69 Å². The highest BCUT2D eigenvalue weighted by molar-refractivity contribution is 6.00. The number of benzene rings is 2. The van der Waals surface area contributed by atoms with Gasteiger partial charge >= 0.3 is 0 Å². The molecule has 0 aromatic heterocycles. The van der Waals surface area contributed by atoms with E-state index in [9.17, 15) is 62.6 Å². The molecule has 0 spiro atoms. The number of nitrogen functional groups attached to an aromatic ring is 1. The van der Waals surface area contributed by atoms with E-state index in [0.717, 1.165) is 4.90 Å². The highest BCUT2D eigenvalue weighted by Crippen LogP contribution is 2.21. The first-order chi connectivity index (χ1) is 34.5. The van der Waals surface area contributed by atoms with Crippen molar-refractivity contribution in [3.63, 3.8) is 0 Å². The first kappa shape index (κ1) is 57.3. The average Bonchev–Trinajstić information content (AvgIpc) is 3.84. The molecule has 0 bridgehead atoms. The van der Waals surface area contributed by atoms with Gasteiger partial charge in [-0.1, -0.05) is 44.5 Å². The van der Waals surface area contributed by atoms with E-state index in [2.05, 4.69) is 42.5 Å². The van der Waals surface area contributed by atoms with Crippen molar-refractivity contribution in [3.05, 3.63) is 59.7 Å². The molecule has 2 aliphatic heterocycles. The summed E-state index contributed by atoms with van der Waals surface area (Å²) in [5.74, 6) is -11.7. The number of nitrogens with two attached hydrogens (primary N) is 4. The third-order valence-electron chi connectivity index (χ3n) is 12.2. The number of hydrogen-bond acceptors (Lipinski definition) is 14. The van der Waals surface area contributed by atoms with Crippen molar-refractivity contribution in [2.45, 2.75) is 120 Å². The van der Waals surface area contributed by atoms with Gasteiger partial charge in [0.25, 0.3) is 0 Å².